The van der Waals surface area contributed by atoms with E-state index in [9.17, 15) is 0 Å². The van der Waals surface area contributed by atoms with Gasteiger partial charge in [-0.1, -0.05) is 23.7 Å². The Bertz CT molecular complexity index is 764. The number of anilines is 1. The van der Waals surface area contributed by atoms with Crippen LogP contribution in [-0.2, 0) is 6.54 Å². The van der Waals surface area contributed by atoms with Gasteiger partial charge in [-0.15, -0.1) is 0 Å². The van der Waals surface area contributed by atoms with Crippen LogP contribution in [-0.4, -0.2) is 52.4 Å². The molecule has 0 atom stereocenters. The fourth-order valence-electron chi connectivity index (χ4n) is 3.51. The Labute approximate surface area is 166 Å². The highest BCUT2D eigenvalue weighted by Gasteiger charge is 2.21. The van der Waals surface area contributed by atoms with Crippen molar-refractivity contribution >= 4 is 17.3 Å². The molecular weight excluding hydrogens is 364 g/mol. The number of rotatable bonds is 6. The van der Waals surface area contributed by atoms with Gasteiger partial charge < -0.3 is 19.1 Å². The molecule has 27 heavy (non-hydrogen) atoms. The number of hydrogen-bond donors (Lipinski definition) is 0. The first-order valence-electron chi connectivity index (χ1n) is 9.08. The van der Waals surface area contributed by atoms with Gasteiger partial charge in [0.15, 0.2) is 11.5 Å². The number of hydrogen-bond acceptors (Lipinski definition) is 5. The SMILES string of the molecule is COc1cc(CN2CCN(c3cccc(C)c3Cl)CC2)cc(OC)c1OC. The number of ether oxygens (including phenoxy) is 3. The lowest BCUT2D eigenvalue weighted by molar-refractivity contribution is 0.248. The van der Waals surface area contributed by atoms with E-state index in [2.05, 4.69) is 21.9 Å². The predicted octanol–water partition coefficient (Wildman–Crippen LogP) is 4.00. The van der Waals surface area contributed by atoms with Crippen molar-refractivity contribution in [1.82, 2.24) is 4.90 Å². The monoisotopic (exact) mass is 390 g/mol. The van der Waals surface area contributed by atoms with E-state index < -0.39 is 0 Å². The summed E-state index contributed by atoms with van der Waals surface area (Å²) in [5.74, 6) is 2.01. The van der Waals surface area contributed by atoms with Crippen molar-refractivity contribution in [1.29, 1.82) is 0 Å². The zero-order valence-corrected chi connectivity index (χ0v) is 17.2. The highest BCUT2D eigenvalue weighted by molar-refractivity contribution is 6.34. The molecule has 0 aromatic heterocycles. The first kappa shape index (κ1) is 19.6. The largest absolute Gasteiger partial charge is 0.493 e. The normalized spacial score (nSPS) is 14.9. The van der Waals surface area contributed by atoms with Crippen LogP contribution in [0, 0.1) is 6.92 Å². The highest BCUT2D eigenvalue weighted by atomic mass is 35.5. The Hall–Kier alpha value is -2.11. The number of piperazine rings is 1. The lowest BCUT2D eigenvalue weighted by Gasteiger charge is -2.36. The van der Waals surface area contributed by atoms with Gasteiger partial charge in [0.1, 0.15) is 0 Å². The minimum absolute atomic E-state index is 0.627. The molecule has 1 aliphatic rings. The van der Waals surface area contributed by atoms with Gasteiger partial charge in [-0.25, -0.2) is 0 Å². The van der Waals surface area contributed by atoms with Crippen molar-refractivity contribution in [3.63, 3.8) is 0 Å². The molecule has 0 radical (unpaired) electrons. The summed E-state index contributed by atoms with van der Waals surface area (Å²) in [6, 6.07) is 10.3. The maximum atomic E-state index is 6.49. The molecule has 1 saturated heterocycles. The summed E-state index contributed by atoms with van der Waals surface area (Å²) in [7, 11) is 4.91. The van der Waals surface area contributed by atoms with E-state index in [1.54, 1.807) is 21.3 Å². The minimum Gasteiger partial charge on any atom is -0.493 e. The Morgan fingerprint density at radius 2 is 1.56 bits per heavy atom. The fraction of sp³-hybridized carbons (Fsp3) is 0.429. The van der Waals surface area contributed by atoms with E-state index in [4.69, 9.17) is 25.8 Å². The Morgan fingerprint density at radius 1 is 0.926 bits per heavy atom. The topological polar surface area (TPSA) is 34.2 Å². The lowest BCUT2D eigenvalue weighted by Crippen LogP contribution is -2.46. The molecule has 0 spiro atoms. The molecular formula is C21H27ClN2O3. The smallest absolute Gasteiger partial charge is 0.203 e. The van der Waals surface area contributed by atoms with Crippen molar-refractivity contribution < 1.29 is 14.2 Å². The maximum Gasteiger partial charge on any atom is 0.203 e. The standard InChI is InChI=1S/C21H27ClN2O3/c1-15-6-5-7-17(20(15)22)24-10-8-23(9-11-24)14-16-12-18(25-2)21(27-4)19(13-16)26-3/h5-7,12-13H,8-11,14H2,1-4H3. The molecule has 0 saturated carbocycles. The van der Waals surface area contributed by atoms with Gasteiger partial charge in [0.2, 0.25) is 5.75 Å². The summed E-state index contributed by atoms with van der Waals surface area (Å²) in [6.07, 6.45) is 0. The summed E-state index contributed by atoms with van der Waals surface area (Å²) >= 11 is 6.49. The lowest BCUT2D eigenvalue weighted by atomic mass is 10.1. The second-order valence-electron chi connectivity index (χ2n) is 6.70. The van der Waals surface area contributed by atoms with Gasteiger partial charge in [0.05, 0.1) is 32.0 Å². The first-order chi connectivity index (χ1) is 13.1. The van der Waals surface area contributed by atoms with Crippen molar-refractivity contribution in [2.45, 2.75) is 13.5 Å². The number of nitrogens with zero attached hydrogens (tertiary/aromatic N) is 2. The molecule has 1 heterocycles. The molecule has 1 aliphatic heterocycles. The van der Waals surface area contributed by atoms with E-state index in [0.29, 0.717) is 17.2 Å². The van der Waals surface area contributed by atoms with E-state index >= 15 is 0 Å². The molecule has 0 aliphatic carbocycles. The molecule has 146 valence electrons. The number of benzene rings is 2. The predicted molar refractivity (Wildman–Crippen MR) is 110 cm³/mol. The van der Waals surface area contributed by atoms with Crippen LogP contribution < -0.4 is 19.1 Å². The van der Waals surface area contributed by atoms with Crippen LogP contribution in [0.25, 0.3) is 0 Å². The fourth-order valence-corrected chi connectivity index (χ4v) is 3.75. The van der Waals surface area contributed by atoms with Crippen LogP contribution in [0.3, 0.4) is 0 Å². The second-order valence-corrected chi connectivity index (χ2v) is 7.08. The molecule has 2 aromatic rings. The molecule has 1 fully saturated rings. The van der Waals surface area contributed by atoms with Gasteiger partial charge in [-0.3, -0.25) is 4.90 Å². The molecule has 6 heteroatoms. The van der Waals surface area contributed by atoms with Crippen molar-refractivity contribution in [3.05, 3.63) is 46.5 Å². The molecule has 0 amide bonds. The van der Waals surface area contributed by atoms with E-state index in [0.717, 1.165) is 54.6 Å². The average Bonchev–Trinajstić information content (AvgIpc) is 2.70. The van der Waals surface area contributed by atoms with Crippen LogP contribution in [0.4, 0.5) is 5.69 Å². The van der Waals surface area contributed by atoms with E-state index in [-0.39, 0.29) is 0 Å². The first-order valence-corrected chi connectivity index (χ1v) is 9.46. The summed E-state index contributed by atoms with van der Waals surface area (Å²) < 4.78 is 16.3. The average molecular weight is 391 g/mol. The van der Waals surface area contributed by atoms with Crippen LogP contribution in [0.1, 0.15) is 11.1 Å². The maximum absolute atomic E-state index is 6.49. The number of aryl methyl sites for hydroxylation is 1. The zero-order valence-electron chi connectivity index (χ0n) is 16.4. The number of halogens is 1. The Morgan fingerprint density at radius 3 is 2.11 bits per heavy atom. The van der Waals surface area contributed by atoms with Crippen molar-refractivity contribution in [2.75, 3.05) is 52.4 Å². The van der Waals surface area contributed by atoms with Crippen LogP contribution in [0.2, 0.25) is 5.02 Å². The molecule has 0 unspecified atom stereocenters. The highest BCUT2D eigenvalue weighted by Crippen LogP contribution is 2.38. The van der Waals surface area contributed by atoms with Gasteiger partial charge in [-0.2, -0.15) is 0 Å². The second kappa shape index (κ2) is 8.72. The quantitative estimate of drug-likeness (QED) is 0.744. The molecule has 5 nitrogen and oxygen atoms in total. The summed E-state index contributed by atoms with van der Waals surface area (Å²) in [5, 5.41) is 0.857. The van der Waals surface area contributed by atoms with Gasteiger partial charge in [0.25, 0.3) is 0 Å². The summed E-state index contributed by atoms with van der Waals surface area (Å²) in [5.41, 5.74) is 3.39. The molecule has 0 bridgehead atoms. The third-order valence-electron chi connectivity index (χ3n) is 5.02. The van der Waals surface area contributed by atoms with Crippen LogP contribution in [0.15, 0.2) is 30.3 Å². The van der Waals surface area contributed by atoms with Crippen molar-refractivity contribution in [3.8, 4) is 17.2 Å². The van der Waals surface area contributed by atoms with E-state index in [1.165, 1.54) is 0 Å². The third kappa shape index (κ3) is 4.25. The van der Waals surface area contributed by atoms with Gasteiger partial charge in [-0.05, 0) is 36.2 Å². The van der Waals surface area contributed by atoms with Crippen LogP contribution >= 0.6 is 11.6 Å². The third-order valence-corrected chi connectivity index (χ3v) is 5.51. The zero-order chi connectivity index (χ0) is 19.4. The Kier molecular flexibility index (Phi) is 6.34. The molecule has 0 N–H and O–H groups in total. The van der Waals surface area contributed by atoms with E-state index in [1.807, 2.05) is 25.1 Å². The molecule has 3 rings (SSSR count). The minimum atomic E-state index is 0.627. The van der Waals surface area contributed by atoms with Gasteiger partial charge in [0, 0.05) is 32.7 Å². The number of methoxy groups -OCH3 is 3. The van der Waals surface area contributed by atoms with Crippen LogP contribution in [0.5, 0.6) is 17.2 Å². The Balaban J connectivity index is 1.68. The summed E-state index contributed by atoms with van der Waals surface area (Å²) in [4.78, 5) is 4.79. The van der Waals surface area contributed by atoms with Gasteiger partial charge >= 0.3 is 0 Å². The van der Waals surface area contributed by atoms with Crippen molar-refractivity contribution in [2.24, 2.45) is 0 Å². The summed E-state index contributed by atoms with van der Waals surface area (Å²) in [6.45, 7) is 6.74. The molecule has 2 aromatic carbocycles.